The number of nitrogens with one attached hydrogen (secondary N) is 1. The Labute approximate surface area is 80.0 Å². The Bertz CT molecular complexity index is 360. The molecule has 0 aromatic heterocycles. The minimum atomic E-state index is -0.428. The van der Waals surface area contributed by atoms with Crippen LogP contribution >= 0.6 is 11.8 Å². The van der Waals surface area contributed by atoms with Crippen molar-refractivity contribution in [3.05, 3.63) is 35.4 Å². The number of nitrogens with two attached hydrogens (primary N) is 1. The molecular weight excluding hydrogens is 184 g/mol. The zero-order chi connectivity index (χ0) is 9.26. The van der Waals surface area contributed by atoms with Gasteiger partial charge in [0.2, 0.25) is 5.91 Å². The van der Waals surface area contributed by atoms with Gasteiger partial charge in [-0.15, -0.1) is 0 Å². The second-order valence-electron chi connectivity index (χ2n) is 2.63. The third-order valence-electron chi connectivity index (χ3n) is 1.64. The fourth-order valence-electron chi connectivity index (χ4n) is 1.13. The highest BCUT2D eigenvalue weighted by Crippen LogP contribution is 2.40. The van der Waals surface area contributed by atoms with E-state index in [0.29, 0.717) is 0 Å². The number of thioether (sulfide) groups is 1. The van der Waals surface area contributed by atoms with E-state index >= 15 is 0 Å². The minimum Gasteiger partial charge on any atom is -0.366 e. The molecule has 1 aromatic carbocycles. The number of primary amides is 1. The Morgan fingerprint density at radius 2 is 2.23 bits per heavy atom. The second kappa shape index (κ2) is 3.14. The van der Waals surface area contributed by atoms with Gasteiger partial charge < -0.3 is 11.1 Å². The number of carbonyl (C=O) groups excluding carboxylic acids is 1. The van der Waals surface area contributed by atoms with Gasteiger partial charge in [-0.05, 0) is 12.1 Å². The number of carbonyl (C=O) groups is 1. The summed E-state index contributed by atoms with van der Waals surface area (Å²) in [6, 6.07) is 7.86. The van der Waals surface area contributed by atoms with E-state index in [1.807, 2.05) is 24.3 Å². The van der Waals surface area contributed by atoms with Crippen molar-refractivity contribution in [1.82, 2.24) is 0 Å². The van der Waals surface area contributed by atoms with Crippen LogP contribution in [0.15, 0.2) is 40.3 Å². The van der Waals surface area contributed by atoms with Gasteiger partial charge in [-0.2, -0.15) is 0 Å². The van der Waals surface area contributed by atoms with Gasteiger partial charge in [0.15, 0.2) is 0 Å². The van der Waals surface area contributed by atoms with Crippen molar-refractivity contribution in [3.8, 4) is 0 Å². The Morgan fingerprint density at radius 1 is 1.46 bits per heavy atom. The summed E-state index contributed by atoms with van der Waals surface area (Å²) >= 11 is 1.51. The summed E-state index contributed by atoms with van der Waals surface area (Å²) in [6.45, 7) is 0. The first kappa shape index (κ1) is 8.19. The van der Waals surface area contributed by atoms with Crippen LogP contribution < -0.4 is 11.1 Å². The molecule has 0 atom stereocenters. The molecule has 0 fully saturated rings. The van der Waals surface area contributed by atoms with E-state index in [4.69, 9.17) is 5.73 Å². The van der Waals surface area contributed by atoms with E-state index in [2.05, 4.69) is 5.32 Å². The van der Waals surface area contributed by atoms with Gasteiger partial charge in [-0.3, -0.25) is 4.79 Å². The second-order valence-corrected chi connectivity index (χ2v) is 3.72. The molecule has 0 unspecified atom stereocenters. The van der Waals surface area contributed by atoms with Crippen molar-refractivity contribution < 1.29 is 4.79 Å². The number of rotatable bonds is 1. The third-order valence-corrected chi connectivity index (χ3v) is 2.65. The summed E-state index contributed by atoms with van der Waals surface area (Å²) in [5, 5.41) is 3.87. The summed E-state index contributed by atoms with van der Waals surface area (Å²) in [5.74, 6) is -0.428. The smallest absolute Gasteiger partial charge is 0.244 e. The van der Waals surface area contributed by atoms with Crippen LogP contribution in [0.3, 0.4) is 0 Å². The van der Waals surface area contributed by atoms with Gasteiger partial charge in [-0.1, -0.05) is 23.9 Å². The molecule has 3 N–H and O–H groups in total. The van der Waals surface area contributed by atoms with E-state index in [1.165, 1.54) is 17.8 Å². The molecule has 0 radical (unpaired) electrons. The highest BCUT2D eigenvalue weighted by molar-refractivity contribution is 8.03. The van der Waals surface area contributed by atoms with Crippen LogP contribution in [-0.2, 0) is 4.79 Å². The van der Waals surface area contributed by atoms with Crippen molar-refractivity contribution >= 4 is 23.4 Å². The topological polar surface area (TPSA) is 55.1 Å². The van der Waals surface area contributed by atoms with Gasteiger partial charge in [-0.25, -0.2) is 0 Å². The molecule has 1 heterocycles. The van der Waals surface area contributed by atoms with Crippen LogP contribution in [0.5, 0.6) is 0 Å². The molecule has 1 aromatic rings. The Morgan fingerprint density at radius 3 is 2.92 bits per heavy atom. The molecule has 0 aliphatic carbocycles. The van der Waals surface area contributed by atoms with E-state index in [1.54, 1.807) is 0 Å². The molecule has 0 bridgehead atoms. The van der Waals surface area contributed by atoms with Crippen LogP contribution in [-0.4, -0.2) is 5.91 Å². The molecule has 1 aliphatic heterocycles. The maximum atomic E-state index is 10.6. The molecule has 4 heteroatoms. The lowest BCUT2D eigenvalue weighted by Crippen LogP contribution is -2.07. The van der Waals surface area contributed by atoms with E-state index in [9.17, 15) is 4.79 Å². The molecule has 0 spiro atoms. The monoisotopic (exact) mass is 192 g/mol. The average Bonchev–Trinajstić information content (AvgIpc) is 2.44. The van der Waals surface area contributed by atoms with Gasteiger partial charge in [0.1, 0.15) is 0 Å². The van der Waals surface area contributed by atoms with Crippen molar-refractivity contribution in [2.45, 2.75) is 4.90 Å². The molecule has 2 rings (SSSR count). The van der Waals surface area contributed by atoms with Gasteiger partial charge in [0.05, 0.1) is 10.7 Å². The third kappa shape index (κ3) is 1.67. The Kier molecular flexibility index (Phi) is 1.98. The lowest BCUT2D eigenvalue weighted by Gasteiger charge is -1.95. The number of benzene rings is 1. The maximum Gasteiger partial charge on any atom is 0.244 e. The molecule has 13 heavy (non-hydrogen) atoms. The van der Waals surface area contributed by atoms with Gasteiger partial charge in [0.25, 0.3) is 0 Å². The van der Waals surface area contributed by atoms with Crippen LogP contribution in [0.4, 0.5) is 5.69 Å². The first-order valence-corrected chi connectivity index (χ1v) is 4.62. The number of fused-ring (bicyclic) bond motifs is 1. The number of hydrogen-bond acceptors (Lipinski definition) is 3. The van der Waals surface area contributed by atoms with Crippen LogP contribution in [0.25, 0.3) is 0 Å². The molecule has 66 valence electrons. The number of amides is 1. The van der Waals surface area contributed by atoms with E-state index < -0.39 is 5.91 Å². The normalized spacial score (nSPS) is 16.8. The van der Waals surface area contributed by atoms with Gasteiger partial charge >= 0.3 is 0 Å². The number of anilines is 1. The zero-order valence-electron chi connectivity index (χ0n) is 6.78. The SMILES string of the molecule is NC(=O)C=C1Nc2ccccc2S1. The maximum absolute atomic E-state index is 10.6. The molecule has 0 saturated heterocycles. The van der Waals surface area contributed by atoms with Crippen molar-refractivity contribution in [2.75, 3.05) is 5.32 Å². The molecular formula is C9H8N2OS. The quantitative estimate of drug-likeness (QED) is 0.663. The highest BCUT2D eigenvalue weighted by Gasteiger charge is 2.14. The summed E-state index contributed by atoms with van der Waals surface area (Å²) in [7, 11) is 0. The number of hydrogen-bond donors (Lipinski definition) is 2. The van der Waals surface area contributed by atoms with E-state index in [0.717, 1.165) is 15.6 Å². The summed E-state index contributed by atoms with van der Waals surface area (Å²) in [6.07, 6.45) is 1.39. The van der Waals surface area contributed by atoms with Crippen molar-refractivity contribution in [3.63, 3.8) is 0 Å². The van der Waals surface area contributed by atoms with Crippen molar-refractivity contribution in [1.29, 1.82) is 0 Å². The fraction of sp³-hybridized carbons (Fsp3) is 0. The molecule has 3 nitrogen and oxygen atoms in total. The summed E-state index contributed by atoms with van der Waals surface area (Å²) in [5.41, 5.74) is 6.07. The first-order valence-electron chi connectivity index (χ1n) is 3.81. The predicted octanol–water partition coefficient (Wildman–Crippen LogP) is 1.53. The fourth-order valence-corrected chi connectivity index (χ4v) is 2.08. The highest BCUT2D eigenvalue weighted by atomic mass is 32.2. The lowest BCUT2D eigenvalue weighted by atomic mass is 10.3. The number of para-hydroxylation sites is 1. The molecule has 0 saturated carbocycles. The molecule has 1 amide bonds. The van der Waals surface area contributed by atoms with Crippen molar-refractivity contribution in [2.24, 2.45) is 5.73 Å². The predicted molar refractivity (Wildman–Crippen MR) is 53.2 cm³/mol. The minimum absolute atomic E-state index is 0.428. The standard InChI is InChI=1S/C9H8N2OS/c10-8(12)5-9-11-6-3-1-2-4-7(6)13-9/h1-5,11H,(H2,10,12). The molecule has 1 aliphatic rings. The van der Waals surface area contributed by atoms with E-state index in [-0.39, 0.29) is 0 Å². The zero-order valence-corrected chi connectivity index (χ0v) is 7.60. The first-order chi connectivity index (χ1) is 6.25. The Hall–Kier alpha value is -1.42. The summed E-state index contributed by atoms with van der Waals surface area (Å²) < 4.78 is 0. The van der Waals surface area contributed by atoms with Gasteiger partial charge in [0, 0.05) is 11.0 Å². The van der Waals surface area contributed by atoms with Crippen LogP contribution in [0.2, 0.25) is 0 Å². The largest absolute Gasteiger partial charge is 0.366 e. The summed E-state index contributed by atoms with van der Waals surface area (Å²) in [4.78, 5) is 11.7. The van der Waals surface area contributed by atoms with Crippen LogP contribution in [0.1, 0.15) is 0 Å². The Balaban J connectivity index is 2.28. The average molecular weight is 192 g/mol. The lowest BCUT2D eigenvalue weighted by molar-refractivity contribution is -0.113. The van der Waals surface area contributed by atoms with Crippen LogP contribution in [0, 0.1) is 0 Å².